The van der Waals surface area contributed by atoms with Crippen LogP contribution in [-0.2, 0) is 6.54 Å². The first kappa shape index (κ1) is 14.8. The lowest BCUT2D eigenvalue weighted by Gasteiger charge is -2.30. The van der Waals surface area contributed by atoms with Crippen molar-refractivity contribution in [2.75, 3.05) is 6.61 Å². The molecule has 2 nitrogen and oxygen atoms in total. The van der Waals surface area contributed by atoms with Crippen LogP contribution in [0, 0.1) is 0 Å². The fourth-order valence-corrected chi connectivity index (χ4v) is 3.67. The summed E-state index contributed by atoms with van der Waals surface area (Å²) in [5.74, 6) is 0. The maximum Gasteiger partial charge on any atom is 0.0636 e. The molecule has 0 aliphatic carbocycles. The molecule has 0 saturated carbocycles. The van der Waals surface area contributed by atoms with Gasteiger partial charge in [-0.25, -0.2) is 0 Å². The van der Waals surface area contributed by atoms with E-state index in [4.69, 9.17) is 11.6 Å². The van der Waals surface area contributed by atoms with Crippen LogP contribution in [0.4, 0.5) is 0 Å². The van der Waals surface area contributed by atoms with E-state index in [-0.39, 0.29) is 12.1 Å². The van der Waals surface area contributed by atoms with Crippen LogP contribution < -0.4 is 5.32 Å². The highest BCUT2D eigenvalue weighted by Gasteiger charge is 2.25. The third-order valence-corrected chi connectivity index (χ3v) is 5.60. The minimum atomic E-state index is -0.195. The Morgan fingerprint density at radius 3 is 2.53 bits per heavy atom. The Morgan fingerprint density at radius 1 is 1.26 bits per heavy atom. The quantitative estimate of drug-likeness (QED) is 0.838. The van der Waals surface area contributed by atoms with Gasteiger partial charge in [-0.1, -0.05) is 43.6 Å². The maximum atomic E-state index is 9.57. The number of halogens is 1. The monoisotopic (exact) mass is 297 g/mol. The summed E-state index contributed by atoms with van der Waals surface area (Å²) in [6.07, 6.45) is 1.81. The number of hydrogen-bond acceptors (Lipinski definition) is 3. The van der Waals surface area contributed by atoms with Gasteiger partial charge in [0.15, 0.2) is 0 Å². The van der Waals surface area contributed by atoms with Crippen LogP contribution in [0.2, 0.25) is 5.02 Å². The molecule has 104 valence electrons. The van der Waals surface area contributed by atoms with Crippen LogP contribution in [0.15, 0.2) is 24.3 Å². The molecule has 1 aromatic heterocycles. The topological polar surface area (TPSA) is 32.3 Å². The third-order valence-electron chi connectivity index (χ3n) is 3.88. The van der Waals surface area contributed by atoms with Crippen LogP contribution in [0.3, 0.4) is 0 Å². The number of fused-ring (bicyclic) bond motifs is 1. The molecule has 0 fully saturated rings. The van der Waals surface area contributed by atoms with Crippen molar-refractivity contribution in [1.82, 2.24) is 5.32 Å². The molecule has 0 aliphatic rings. The van der Waals surface area contributed by atoms with Gasteiger partial charge in [0, 0.05) is 27.0 Å². The molecule has 0 aliphatic heterocycles. The predicted octanol–water partition coefficient (Wildman–Crippen LogP) is 4.20. The molecule has 0 bridgehead atoms. The summed E-state index contributed by atoms with van der Waals surface area (Å²) in [6, 6.07) is 8.18. The largest absolute Gasteiger partial charge is 0.394 e. The van der Waals surface area contributed by atoms with Gasteiger partial charge in [-0.2, -0.15) is 0 Å². The van der Waals surface area contributed by atoms with Crippen molar-refractivity contribution in [3.8, 4) is 0 Å². The van der Waals surface area contributed by atoms with E-state index in [0.29, 0.717) is 6.54 Å². The van der Waals surface area contributed by atoms with Gasteiger partial charge < -0.3 is 10.4 Å². The molecule has 0 amide bonds. The van der Waals surface area contributed by atoms with Crippen LogP contribution in [0.1, 0.15) is 31.6 Å². The molecule has 2 rings (SSSR count). The summed E-state index contributed by atoms with van der Waals surface area (Å²) < 4.78 is 1.21. The van der Waals surface area contributed by atoms with E-state index in [9.17, 15) is 5.11 Å². The van der Waals surface area contributed by atoms with E-state index >= 15 is 0 Å². The zero-order chi connectivity index (χ0) is 13.9. The van der Waals surface area contributed by atoms with Crippen LogP contribution >= 0.6 is 22.9 Å². The second-order valence-corrected chi connectivity index (χ2v) is 6.35. The Kier molecular flexibility index (Phi) is 4.85. The van der Waals surface area contributed by atoms with Gasteiger partial charge in [0.25, 0.3) is 0 Å². The minimum absolute atomic E-state index is 0.155. The number of nitrogens with one attached hydrogen (secondary N) is 1. The number of benzene rings is 1. The lowest BCUT2D eigenvalue weighted by atomic mass is 9.94. The standard InChI is InChI=1S/C15H20ClNOS/c1-3-15(4-2,10-18)17-9-13-14(16)11-7-5-6-8-12(11)19-13/h5-8,17-18H,3-4,9-10H2,1-2H3. The highest BCUT2D eigenvalue weighted by molar-refractivity contribution is 7.19. The molecule has 1 aromatic carbocycles. The van der Waals surface area contributed by atoms with Crippen molar-refractivity contribution < 1.29 is 5.11 Å². The molecular weight excluding hydrogens is 278 g/mol. The van der Waals surface area contributed by atoms with E-state index in [0.717, 1.165) is 28.1 Å². The first-order chi connectivity index (χ1) is 9.15. The molecule has 0 atom stereocenters. The molecule has 1 heterocycles. The Bertz CT molecular complexity index is 540. The Morgan fingerprint density at radius 2 is 1.95 bits per heavy atom. The Balaban J connectivity index is 2.20. The summed E-state index contributed by atoms with van der Waals surface area (Å²) >= 11 is 8.14. The van der Waals surface area contributed by atoms with Gasteiger partial charge in [-0.3, -0.25) is 0 Å². The van der Waals surface area contributed by atoms with Crippen molar-refractivity contribution in [2.45, 2.75) is 38.8 Å². The minimum Gasteiger partial charge on any atom is -0.394 e. The van der Waals surface area contributed by atoms with Gasteiger partial charge in [0.1, 0.15) is 0 Å². The lowest BCUT2D eigenvalue weighted by molar-refractivity contribution is 0.150. The molecule has 2 N–H and O–H groups in total. The van der Waals surface area contributed by atoms with Crippen LogP contribution in [0.25, 0.3) is 10.1 Å². The van der Waals surface area contributed by atoms with Crippen LogP contribution in [-0.4, -0.2) is 17.3 Å². The van der Waals surface area contributed by atoms with Gasteiger partial charge in [-0.15, -0.1) is 11.3 Å². The summed E-state index contributed by atoms with van der Waals surface area (Å²) in [4.78, 5) is 1.14. The zero-order valence-corrected chi connectivity index (χ0v) is 12.9. The van der Waals surface area contributed by atoms with Gasteiger partial charge in [0.2, 0.25) is 0 Å². The van der Waals surface area contributed by atoms with E-state index in [1.807, 2.05) is 12.1 Å². The third kappa shape index (κ3) is 2.95. The molecule has 4 heteroatoms. The van der Waals surface area contributed by atoms with E-state index in [1.54, 1.807) is 11.3 Å². The van der Waals surface area contributed by atoms with Gasteiger partial charge in [-0.05, 0) is 18.9 Å². The van der Waals surface area contributed by atoms with E-state index in [2.05, 4.69) is 31.3 Å². The second kappa shape index (κ2) is 6.23. The summed E-state index contributed by atoms with van der Waals surface area (Å²) in [7, 11) is 0. The van der Waals surface area contributed by atoms with Crippen molar-refractivity contribution in [3.05, 3.63) is 34.2 Å². The number of hydrogen-bond donors (Lipinski definition) is 2. The van der Waals surface area contributed by atoms with Gasteiger partial charge in [0.05, 0.1) is 11.6 Å². The first-order valence-corrected chi connectivity index (χ1v) is 7.87. The number of aliphatic hydroxyl groups is 1. The Labute approximate surface area is 123 Å². The van der Waals surface area contributed by atoms with E-state index in [1.165, 1.54) is 4.70 Å². The summed E-state index contributed by atoms with van der Waals surface area (Å²) in [6.45, 7) is 5.06. The maximum absolute atomic E-state index is 9.57. The van der Waals surface area contributed by atoms with Crippen molar-refractivity contribution in [1.29, 1.82) is 0 Å². The molecular formula is C15H20ClNOS. The van der Waals surface area contributed by atoms with Gasteiger partial charge >= 0.3 is 0 Å². The SMILES string of the molecule is CCC(CC)(CO)NCc1sc2ccccc2c1Cl. The molecule has 0 radical (unpaired) electrons. The summed E-state index contributed by atoms with van der Waals surface area (Å²) in [5.41, 5.74) is -0.195. The number of rotatable bonds is 6. The number of thiophene rings is 1. The van der Waals surface area contributed by atoms with Crippen molar-refractivity contribution >= 4 is 33.0 Å². The zero-order valence-electron chi connectivity index (χ0n) is 11.4. The Hall–Kier alpha value is -0.610. The molecule has 0 unspecified atom stereocenters. The summed E-state index contributed by atoms with van der Waals surface area (Å²) in [5, 5.41) is 15.0. The smallest absolute Gasteiger partial charge is 0.0636 e. The molecule has 2 aromatic rings. The van der Waals surface area contributed by atoms with Crippen molar-refractivity contribution in [3.63, 3.8) is 0 Å². The lowest BCUT2D eigenvalue weighted by Crippen LogP contribution is -2.46. The second-order valence-electron chi connectivity index (χ2n) is 4.83. The molecule has 0 saturated heterocycles. The number of aliphatic hydroxyl groups excluding tert-OH is 1. The average molecular weight is 298 g/mol. The van der Waals surface area contributed by atoms with Crippen LogP contribution in [0.5, 0.6) is 0 Å². The van der Waals surface area contributed by atoms with E-state index < -0.39 is 0 Å². The highest BCUT2D eigenvalue weighted by Crippen LogP contribution is 2.35. The highest BCUT2D eigenvalue weighted by atomic mass is 35.5. The predicted molar refractivity (Wildman–Crippen MR) is 84.1 cm³/mol. The fraction of sp³-hybridized carbons (Fsp3) is 0.467. The van der Waals surface area contributed by atoms with Crippen molar-refractivity contribution in [2.24, 2.45) is 0 Å². The average Bonchev–Trinajstić information content (AvgIpc) is 2.78. The normalized spacial score (nSPS) is 12.2. The molecule has 0 spiro atoms. The fourth-order valence-electron chi connectivity index (χ4n) is 2.23. The molecule has 19 heavy (non-hydrogen) atoms. The first-order valence-electron chi connectivity index (χ1n) is 6.67.